The molecule has 2 aromatic rings. The average Bonchev–Trinajstić information content (AvgIpc) is 3.18. The van der Waals surface area contributed by atoms with Gasteiger partial charge in [0.2, 0.25) is 11.8 Å². The molecule has 0 radical (unpaired) electrons. The fraction of sp³-hybridized carbons (Fsp3) is 0.529. The second-order valence-electron chi connectivity index (χ2n) is 6.24. The highest BCUT2D eigenvalue weighted by Gasteiger charge is 2.23. The van der Waals surface area contributed by atoms with Gasteiger partial charge in [0.25, 0.3) is 0 Å². The minimum Gasteiger partial charge on any atom is -0.441 e. The van der Waals surface area contributed by atoms with Crippen molar-refractivity contribution < 1.29 is 14.3 Å². The smallest absolute Gasteiger partial charge is 0.228 e. The molecule has 1 aliphatic heterocycles. The highest BCUT2D eigenvalue weighted by atomic mass is 32.1. The summed E-state index contributed by atoms with van der Waals surface area (Å²) < 4.78 is 5.70. The van der Waals surface area contributed by atoms with Gasteiger partial charge < -0.3 is 14.4 Å². The van der Waals surface area contributed by atoms with Crippen LogP contribution in [0.15, 0.2) is 21.2 Å². The lowest BCUT2D eigenvalue weighted by Crippen LogP contribution is -2.50. The number of hydrogen-bond donors (Lipinski definition) is 1. The van der Waals surface area contributed by atoms with Gasteiger partial charge in [-0.3, -0.25) is 9.69 Å². The number of hydrogen-bond acceptors (Lipinski definition) is 6. The quantitative estimate of drug-likeness (QED) is 0.891. The molecule has 0 spiro atoms. The van der Waals surface area contributed by atoms with Gasteiger partial charge in [-0.25, -0.2) is 4.98 Å². The van der Waals surface area contributed by atoms with Crippen molar-refractivity contribution in [2.24, 2.45) is 0 Å². The second-order valence-corrected chi connectivity index (χ2v) is 7.02. The molecule has 0 bridgehead atoms. The Morgan fingerprint density at radius 1 is 1.42 bits per heavy atom. The number of aryl methyl sites for hydroxylation is 1. The minimum atomic E-state index is -0.333. The Labute approximate surface area is 145 Å². The summed E-state index contributed by atoms with van der Waals surface area (Å²) in [6, 6.07) is 1.96. The van der Waals surface area contributed by atoms with Crippen LogP contribution in [-0.2, 0) is 11.2 Å². The van der Waals surface area contributed by atoms with Gasteiger partial charge in [-0.1, -0.05) is 0 Å². The molecule has 0 saturated carbocycles. The molecule has 3 rings (SSSR count). The number of piperazine rings is 1. The van der Waals surface area contributed by atoms with E-state index in [9.17, 15) is 9.90 Å². The van der Waals surface area contributed by atoms with Gasteiger partial charge in [-0.15, -0.1) is 0 Å². The van der Waals surface area contributed by atoms with Crippen LogP contribution < -0.4 is 0 Å². The topological polar surface area (TPSA) is 69.8 Å². The third-order valence-electron chi connectivity index (χ3n) is 4.23. The lowest BCUT2D eigenvalue weighted by atomic mass is 10.2. The minimum absolute atomic E-state index is 0.0833. The number of carbonyl (C=O) groups is 1. The molecule has 7 heteroatoms. The number of aromatic nitrogens is 1. The van der Waals surface area contributed by atoms with Crippen LogP contribution in [0.5, 0.6) is 0 Å². The summed E-state index contributed by atoms with van der Waals surface area (Å²) >= 11 is 1.59. The maximum atomic E-state index is 12.5. The van der Waals surface area contributed by atoms with Gasteiger partial charge in [-0.2, -0.15) is 11.3 Å². The summed E-state index contributed by atoms with van der Waals surface area (Å²) in [5.74, 6) is 1.37. The summed E-state index contributed by atoms with van der Waals surface area (Å²) in [4.78, 5) is 21.1. The van der Waals surface area contributed by atoms with Gasteiger partial charge in [-0.05, 0) is 25.3 Å². The number of carbonyl (C=O) groups excluding carboxylic acids is 1. The van der Waals surface area contributed by atoms with Crippen molar-refractivity contribution in [2.45, 2.75) is 26.4 Å². The normalized spacial score (nSPS) is 17.2. The lowest BCUT2D eigenvalue weighted by Gasteiger charge is -2.35. The zero-order valence-corrected chi connectivity index (χ0v) is 14.9. The van der Waals surface area contributed by atoms with Crippen LogP contribution >= 0.6 is 11.3 Å². The maximum absolute atomic E-state index is 12.5. The van der Waals surface area contributed by atoms with Gasteiger partial charge >= 0.3 is 0 Å². The third kappa shape index (κ3) is 4.03. The van der Waals surface area contributed by atoms with Gasteiger partial charge in [0.15, 0.2) is 0 Å². The summed E-state index contributed by atoms with van der Waals surface area (Å²) in [6.45, 7) is 7.29. The van der Waals surface area contributed by atoms with Crippen molar-refractivity contribution in [3.63, 3.8) is 0 Å². The third-order valence-corrected chi connectivity index (χ3v) is 4.91. The monoisotopic (exact) mass is 349 g/mol. The van der Waals surface area contributed by atoms with E-state index in [0.717, 1.165) is 18.7 Å². The van der Waals surface area contributed by atoms with Crippen LogP contribution in [-0.4, -0.2) is 64.6 Å². The number of amides is 1. The molecule has 1 N–H and O–H groups in total. The molecule has 24 heavy (non-hydrogen) atoms. The molecule has 1 amide bonds. The molecule has 6 nitrogen and oxygen atoms in total. The summed E-state index contributed by atoms with van der Waals surface area (Å²) in [6.07, 6.45) is -0.0591. The Balaban J connectivity index is 1.58. The molecule has 1 aliphatic rings. The molecular formula is C17H23N3O3S. The van der Waals surface area contributed by atoms with E-state index in [1.165, 1.54) is 0 Å². The molecule has 1 saturated heterocycles. The van der Waals surface area contributed by atoms with Crippen LogP contribution in [0.2, 0.25) is 0 Å². The Morgan fingerprint density at radius 2 is 2.17 bits per heavy atom. The summed E-state index contributed by atoms with van der Waals surface area (Å²) in [5, 5.41) is 13.4. The summed E-state index contributed by atoms with van der Waals surface area (Å²) in [5.41, 5.74) is 1.67. The van der Waals surface area contributed by atoms with Gasteiger partial charge in [0.1, 0.15) is 5.76 Å². The summed E-state index contributed by atoms with van der Waals surface area (Å²) in [7, 11) is 0. The first-order valence-corrected chi connectivity index (χ1v) is 9.14. The fourth-order valence-electron chi connectivity index (χ4n) is 2.91. The van der Waals surface area contributed by atoms with Crippen LogP contribution in [0.25, 0.3) is 11.5 Å². The zero-order valence-electron chi connectivity index (χ0n) is 14.1. The highest BCUT2D eigenvalue weighted by Crippen LogP contribution is 2.24. The second kappa shape index (κ2) is 7.46. The van der Waals surface area contributed by atoms with E-state index >= 15 is 0 Å². The highest BCUT2D eigenvalue weighted by molar-refractivity contribution is 7.08. The van der Waals surface area contributed by atoms with E-state index in [0.29, 0.717) is 37.0 Å². The first-order valence-electron chi connectivity index (χ1n) is 8.20. The van der Waals surface area contributed by atoms with E-state index in [-0.39, 0.29) is 18.4 Å². The standard InChI is InChI=1S/C17H23N3O3S/c1-12(21)10-19-4-6-20(7-5-19)16(22)9-15-13(2)23-17(18-15)14-3-8-24-11-14/h3,8,11-12,21H,4-7,9-10H2,1-2H3/t12-/m1/s1. The fourth-order valence-corrected chi connectivity index (χ4v) is 3.54. The van der Waals surface area contributed by atoms with Crippen LogP contribution in [0, 0.1) is 6.92 Å². The number of nitrogens with zero attached hydrogens (tertiary/aromatic N) is 3. The van der Waals surface area contributed by atoms with Gasteiger partial charge in [0.05, 0.1) is 18.2 Å². The Hall–Kier alpha value is -1.70. The molecule has 1 atom stereocenters. The lowest BCUT2D eigenvalue weighted by molar-refractivity contribution is -0.132. The van der Waals surface area contributed by atoms with E-state index in [1.54, 1.807) is 18.3 Å². The Morgan fingerprint density at radius 3 is 2.79 bits per heavy atom. The number of oxazole rings is 1. The maximum Gasteiger partial charge on any atom is 0.228 e. The predicted molar refractivity (Wildman–Crippen MR) is 93.0 cm³/mol. The number of aliphatic hydroxyl groups excluding tert-OH is 1. The number of thiophene rings is 1. The molecule has 0 aliphatic carbocycles. The van der Waals surface area contributed by atoms with Crippen molar-refractivity contribution in [3.05, 3.63) is 28.3 Å². The van der Waals surface area contributed by atoms with Crippen LogP contribution in [0.3, 0.4) is 0 Å². The van der Waals surface area contributed by atoms with Crippen molar-refractivity contribution in [1.82, 2.24) is 14.8 Å². The van der Waals surface area contributed by atoms with Gasteiger partial charge in [0, 0.05) is 43.7 Å². The number of β-amino-alcohol motifs (C(OH)–C–C–N with tert-alkyl or cyclic N) is 1. The zero-order chi connectivity index (χ0) is 17.1. The predicted octanol–water partition coefficient (Wildman–Crippen LogP) is 1.78. The number of rotatable bonds is 5. The first-order chi connectivity index (χ1) is 11.5. The van der Waals surface area contributed by atoms with Crippen LogP contribution in [0.4, 0.5) is 0 Å². The number of aliphatic hydroxyl groups is 1. The molecule has 2 aromatic heterocycles. The molecule has 3 heterocycles. The SMILES string of the molecule is Cc1oc(-c2ccsc2)nc1CC(=O)N1CCN(C[C@@H](C)O)CC1. The molecule has 0 aromatic carbocycles. The molecule has 1 fully saturated rings. The van der Waals surface area contributed by atoms with Crippen molar-refractivity contribution in [1.29, 1.82) is 0 Å². The molecule has 130 valence electrons. The van der Waals surface area contributed by atoms with E-state index in [1.807, 2.05) is 28.7 Å². The van der Waals surface area contributed by atoms with E-state index in [2.05, 4.69) is 9.88 Å². The van der Waals surface area contributed by atoms with Crippen molar-refractivity contribution >= 4 is 17.2 Å². The average molecular weight is 349 g/mol. The van der Waals surface area contributed by atoms with Crippen molar-refractivity contribution in [2.75, 3.05) is 32.7 Å². The largest absolute Gasteiger partial charge is 0.441 e. The van der Waals surface area contributed by atoms with E-state index in [4.69, 9.17) is 4.42 Å². The molecule has 0 unspecified atom stereocenters. The van der Waals surface area contributed by atoms with E-state index < -0.39 is 0 Å². The van der Waals surface area contributed by atoms with Crippen molar-refractivity contribution in [3.8, 4) is 11.5 Å². The Kier molecular flexibility index (Phi) is 5.33. The Bertz CT molecular complexity index is 673. The van der Waals surface area contributed by atoms with Crippen LogP contribution in [0.1, 0.15) is 18.4 Å². The first kappa shape index (κ1) is 17.1. The molecular weight excluding hydrogens is 326 g/mol.